The Balaban J connectivity index is 2.58. The van der Waals surface area contributed by atoms with Crippen molar-refractivity contribution in [1.82, 2.24) is 10.2 Å². The van der Waals surface area contributed by atoms with Crippen molar-refractivity contribution in [3.63, 3.8) is 0 Å². The fourth-order valence-corrected chi connectivity index (χ4v) is 1.75. The van der Waals surface area contributed by atoms with E-state index in [9.17, 15) is 9.90 Å². The summed E-state index contributed by atoms with van der Waals surface area (Å²) in [5.74, 6) is -0.0606. The van der Waals surface area contributed by atoms with E-state index in [0.717, 1.165) is 5.57 Å². The molecule has 4 nitrogen and oxygen atoms in total. The number of carbonyl (C=O) groups is 1. The lowest BCUT2D eigenvalue weighted by molar-refractivity contribution is -0.121. The predicted molar refractivity (Wildman–Crippen MR) is 68.5 cm³/mol. The minimum absolute atomic E-state index is 0.0606. The van der Waals surface area contributed by atoms with E-state index < -0.39 is 6.10 Å². The number of carbonyl (C=O) groups excluding carboxylic acids is 1. The van der Waals surface area contributed by atoms with E-state index in [-0.39, 0.29) is 11.9 Å². The van der Waals surface area contributed by atoms with E-state index in [1.807, 2.05) is 11.0 Å². The van der Waals surface area contributed by atoms with Crippen LogP contribution in [0.2, 0.25) is 0 Å². The van der Waals surface area contributed by atoms with Crippen LogP contribution in [0.15, 0.2) is 37.0 Å². The van der Waals surface area contributed by atoms with Crippen molar-refractivity contribution < 1.29 is 9.90 Å². The fraction of sp³-hybridized carbons (Fsp3) is 0.462. The van der Waals surface area contributed by atoms with Crippen molar-refractivity contribution in [2.24, 2.45) is 0 Å². The van der Waals surface area contributed by atoms with Crippen molar-refractivity contribution >= 4 is 5.91 Å². The maximum atomic E-state index is 11.5. The van der Waals surface area contributed by atoms with Crippen LogP contribution in [0, 0.1) is 0 Å². The summed E-state index contributed by atoms with van der Waals surface area (Å²) in [6.45, 7) is 10.6. The smallest absolute Gasteiger partial charge is 0.234 e. The molecule has 0 bridgehead atoms. The van der Waals surface area contributed by atoms with Gasteiger partial charge >= 0.3 is 0 Å². The van der Waals surface area contributed by atoms with Gasteiger partial charge in [-0.1, -0.05) is 31.4 Å². The first-order chi connectivity index (χ1) is 8.02. The zero-order valence-electron chi connectivity index (χ0n) is 10.2. The summed E-state index contributed by atoms with van der Waals surface area (Å²) in [6.07, 6.45) is 4.79. The highest BCUT2D eigenvalue weighted by molar-refractivity contribution is 5.78. The molecule has 0 radical (unpaired) electrons. The Morgan fingerprint density at radius 1 is 1.71 bits per heavy atom. The lowest BCUT2D eigenvalue weighted by Crippen LogP contribution is -2.40. The molecule has 1 amide bonds. The lowest BCUT2D eigenvalue weighted by Gasteiger charge is -2.21. The molecule has 1 unspecified atom stereocenters. The molecule has 0 aliphatic carbocycles. The third-order valence-corrected chi connectivity index (χ3v) is 2.67. The number of amides is 1. The molecule has 2 N–H and O–H groups in total. The molecule has 0 aromatic carbocycles. The fourth-order valence-electron chi connectivity index (χ4n) is 1.75. The van der Waals surface area contributed by atoms with E-state index in [2.05, 4.69) is 18.5 Å². The predicted octanol–water partition coefficient (Wildman–Crippen LogP) is 0.466. The highest BCUT2D eigenvalue weighted by Crippen LogP contribution is 2.06. The standard InChI is InChI=1S/C13H20N2O2/c1-4-5-6-10(2)7-15-8-12(16)11(3)14-13(17)9-15/h4-6,11-12,16H,1-2,7-9H2,3H3,(H,14,17)/b6-5-/t11-,12?/m1/s1. The highest BCUT2D eigenvalue weighted by atomic mass is 16.3. The van der Waals surface area contributed by atoms with Crippen molar-refractivity contribution in [3.05, 3.63) is 37.0 Å². The Morgan fingerprint density at radius 3 is 3.06 bits per heavy atom. The third-order valence-electron chi connectivity index (χ3n) is 2.67. The molecule has 17 heavy (non-hydrogen) atoms. The molecule has 94 valence electrons. The van der Waals surface area contributed by atoms with Gasteiger partial charge < -0.3 is 10.4 Å². The first kappa shape index (κ1) is 13.7. The van der Waals surface area contributed by atoms with Crippen LogP contribution in [-0.2, 0) is 4.79 Å². The third kappa shape index (κ3) is 4.54. The second kappa shape index (κ2) is 6.37. The van der Waals surface area contributed by atoms with Crippen LogP contribution in [0.4, 0.5) is 0 Å². The first-order valence-electron chi connectivity index (χ1n) is 5.69. The highest BCUT2D eigenvalue weighted by Gasteiger charge is 2.25. The monoisotopic (exact) mass is 236 g/mol. The average molecular weight is 236 g/mol. The summed E-state index contributed by atoms with van der Waals surface area (Å²) in [7, 11) is 0. The van der Waals surface area contributed by atoms with Gasteiger partial charge in [-0.15, -0.1) is 0 Å². The molecule has 0 aromatic rings. The molecular formula is C13H20N2O2. The second-order valence-electron chi connectivity index (χ2n) is 4.35. The number of nitrogens with one attached hydrogen (secondary N) is 1. The van der Waals surface area contributed by atoms with Crippen molar-refractivity contribution in [2.45, 2.75) is 19.1 Å². The molecule has 0 aromatic heterocycles. The number of rotatable bonds is 4. The molecule has 1 saturated heterocycles. The van der Waals surface area contributed by atoms with E-state index in [1.54, 1.807) is 19.1 Å². The van der Waals surface area contributed by atoms with Crippen LogP contribution in [0.1, 0.15) is 6.92 Å². The van der Waals surface area contributed by atoms with Gasteiger partial charge in [0.1, 0.15) is 0 Å². The SMILES string of the molecule is C=C/C=C\C(=C)CN1CC(=O)N[C@H](C)C(O)C1. The topological polar surface area (TPSA) is 52.6 Å². The quantitative estimate of drug-likeness (QED) is 0.698. The van der Waals surface area contributed by atoms with Gasteiger partial charge in [0, 0.05) is 13.1 Å². The van der Waals surface area contributed by atoms with Crippen molar-refractivity contribution in [3.8, 4) is 0 Å². The molecule has 0 spiro atoms. The van der Waals surface area contributed by atoms with Gasteiger partial charge in [0.2, 0.25) is 5.91 Å². The molecular weight excluding hydrogens is 216 g/mol. The number of β-amino-alcohol motifs (C(OH)–C–C–N with tert-alkyl or cyclic N) is 1. The zero-order chi connectivity index (χ0) is 12.8. The number of hydrogen-bond acceptors (Lipinski definition) is 3. The van der Waals surface area contributed by atoms with Gasteiger partial charge in [0.05, 0.1) is 18.7 Å². The number of aliphatic hydroxyl groups excluding tert-OH is 1. The Labute approximate surface area is 102 Å². The zero-order valence-corrected chi connectivity index (χ0v) is 10.2. The van der Waals surface area contributed by atoms with Crippen molar-refractivity contribution in [2.75, 3.05) is 19.6 Å². The molecule has 2 atom stereocenters. The molecule has 1 fully saturated rings. The summed E-state index contributed by atoms with van der Waals surface area (Å²) < 4.78 is 0. The van der Waals surface area contributed by atoms with Crippen LogP contribution in [0.3, 0.4) is 0 Å². The number of allylic oxidation sites excluding steroid dienone is 2. The molecule has 4 heteroatoms. The number of aliphatic hydroxyl groups is 1. The Bertz CT molecular complexity index is 336. The van der Waals surface area contributed by atoms with Gasteiger partial charge in [0.15, 0.2) is 0 Å². The lowest BCUT2D eigenvalue weighted by atomic mass is 10.2. The van der Waals surface area contributed by atoms with Gasteiger partial charge in [-0.05, 0) is 12.5 Å². The summed E-state index contributed by atoms with van der Waals surface area (Å²) in [5.41, 5.74) is 0.888. The van der Waals surface area contributed by atoms with Crippen LogP contribution in [-0.4, -0.2) is 47.7 Å². The van der Waals surface area contributed by atoms with Crippen LogP contribution < -0.4 is 5.32 Å². The number of nitrogens with zero attached hydrogens (tertiary/aromatic N) is 1. The molecule has 1 aliphatic heterocycles. The molecule has 1 heterocycles. The summed E-state index contributed by atoms with van der Waals surface area (Å²) in [4.78, 5) is 13.4. The Morgan fingerprint density at radius 2 is 2.41 bits per heavy atom. The van der Waals surface area contributed by atoms with Crippen molar-refractivity contribution in [1.29, 1.82) is 0 Å². The van der Waals surface area contributed by atoms with E-state index in [1.165, 1.54) is 0 Å². The van der Waals surface area contributed by atoms with E-state index >= 15 is 0 Å². The maximum absolute atomic E-state index is 11.5. The number of hydrogen-bond donors (Lipinski definition) is 2. The Kier molecular flexibility index (Phi) is 5.12. The van der Waals surface area contributed by atoms with Gasteiger partial charge in [-0.2, -0.15) is 0 Å². The first-order valence-corrected chi connectivity index (χ1v) is 5.69. The summed E-state index contributed by atoms with van der Waals surface area (Å²) in [5, 5.41) is 12.6. The van der Waals surface area contributed by atoms with Crippen LogP contribution in [0.5, 0.6) is 0 Å². The maximum Gasteiger partial charge on any atom is 0.234 e. The molecule has 1 aliphatic rings. The van der Waals surface area contributed by atoms with E-state index in [4.69, 9.17) is 0 Å². The summed E-state index contributed by atoms with van der Waals surface area (Å²) >= 11 is 0. The largest absolute Gasteiger partial charge is 0.390 e. The van der Waals surface area contributed by atoms with Gasteiger partial charge in [-0.25, -0.2) is 0 Å². The minimum Gasteiger partial charge on any atom is -0.390 e. The molecule has 1 rings (SSSR count). The van der Waals surface area contributed by atoms with Gasteiger partial charge in [0.25, 0.3) is 0 Å². The second-order valence-corrected chi connectivity index (χ2v) is 4.35. The normalized spacial score (nSPS) is 26.6. The minimum atomic E-state index is -0.544. The van der Waals surface area contributed by atoms with Gasteiger partial charge in [-0.3, -0.25) is 9.69 Å². The average Bonchev–Trinajstić information content (AvgIpc) is 2.35. The molecule has 0 saturated carbocycles. The van der Waals surface area contributed by atoms with Crippen LogP contribution >= 0.6 is 0 Å². The van der Waals surface area contributed by atoms with E-state index in [0.29, 0.717) is 19.6 Å². The summed E-state index contributed by atoms with van der Waals surface area (Å²) in [6, 6.07) is -0.204. The Hall–Kier alpha value is -1.39. The van der Waals surface area contributed by atoms with Crippen LogP contribution in [0.25, 0.3) is 0 Å².